The third-order valence-electron chi connectivity index (χ3n) is 1.20. The monoisotopic (exact) mass is 144 g/mol. The maximum atomic E-state index is 10.2. The number of aliphatic hydroxyl groups excluding tert-OH is 1. The Morgan fingerprint density at radius 3 is 2.50 bits per heavy atom. The summed E-state index contributed by atoms with van der Waals surface area (Å²) in [5.41, 5.74) is 0.189. The lowest BCUT2D eigenvalue weighted by molar-refractivity contribution is -0.132. The molecule has 0 aliphatic rings. The van der Waals surface area contributed by atoms with Gasteiger partial charge >= 0.3 is 5.97 Å². The van der Waals surface area contributed by atoms with E-state index < -0.39 is 12.1 Å². The Balaban J connectivity index is 4.02. The van der Waals surface area contributed by atoms with Crippen LogP contribution in [0.5, 0.6) is 0 Å². The summed E-state index contributed by atoms with van der Waals surface area (Å²) in [7, 11) is 0. The Labute approximate surface area is 60.0 Å². The fourth-order valence-electron chi connectivity index (χ4n) is 0.478. The molecule has 2 N–H and O–H groups in total. The van der Waals surface area contributed by atoms with Gasteiger partial charge in [-0.1, -0.05) is 6.92 Å². The van der Waals surface area contributed by atoms with Crippen LogP contribution in [-0.2, 0) is 4.79 Å². The van der Waals surface area contributed by atoms with Gasteiger partial charge < -0.3 is 10.2 Å². The number of rotatable bonds is 3. The number of aliphatic carboxylic acids is 1. The Morgan fingerprint density at radius 1 is 1.70 bits per heavy atom. The molecule has 0 amide bonds. The topological polar surface area (TPSA) is 57.5 Å². The molecule has 1 atom stereocenters. The van der Waals surface area contributed by atoms with E-state index in [-0.39, 0.29) is 5.57 Å². The molecule has 0 aliphatic carbocycles. The second kappa shape index (κ2) is 4.06. The first-order valence-electron chi connectivity index (χ1n) is 3.17. The third kappa shape index (κ3) is 3.25. The smallest absolute Gasteiger partial charge is 0.331 e. The van der Waals surface area contributed by atoms with Gasteiger partial charge in [0.15, 0.2) is 0 Å². The number of carboxylic acid groups (broad SMARTS) is 1. The van der Waals surface area contributed by atoms with Crippen molar-refractivity contribution in [1.29, 1.82) is 0 Å². The van der Waals surface area contributed by atoms with E-state index in [0.717, 1.165) is 0 Å². The van der Waals surface area contributed by atoms with Gasteiger partial charge in [0, 0.05) is 5.57 Å². The summed E-state index contributed by atoms with van der Waals surface area (Å²) >= 11 is 0. The average Bonchev–Trinajstić information content (AvgIpc) is 1.87. The van der Waals surface area contributed by atoms with E-state index in [4.69, 9.17) is 10.2 Å². The van der Waals surface area contributed by atoms with Gasteiger partial charge in [-0.3, -0.25) is 0 Å². The lowest BCUT2D eigenvalue weighted by Crippen LogP contribution is -2.04. The first kappa shape index (κ1) is 9.17. The zero-order chi connectivity index (χ0) is 8.15. The summed E-state index contributed by atoms with van der Waals surface area (Å²) in [6.07, 6.45) is 1.25. The lowest BCUT2D eigenvalue weighted by Gasteiger charge is -1.99. The first-order chi connectivity index (χ1) is 4.57. The van der Waals surface area contributed by atoms with Gasteiger partial charge in [0.25, 0.3) is 0 Å². The summed E-state index contributed by atoms with van der Waals surface area (Å²) in [5, 5.41) is 17.3. The Hall–Kier alpha value is -0.830. The molecule has 58 valence electrons. The van der Waals surface area contributed by atoms with Gasteiger partial charge in [0.1, 0.15) is 0 Å². The molecule has 10 heavy (non-hydrogen) atoms. The van der Waals surface area contributed by atoms with Crippen LogP contribution in [0.15, 0.2) is 11.6 Å². The van der Waals surface area contributed by atoms with Gasteiger partial charge in [0.05, 0.1) is 6.10 Å². The van der Waals surface area contributed by atoms with Crippen molar-refractivity contribution in [2.24, 2.45) is 0 Å². The first-order valence-corrected chi connectivity index (χ1v) is 3.17. The van der Waals surface area contributed by atoms with Crippen molar-refractivity contribution in [2.45, 2.75) is 26.4 Å². The molecule has 0 aliphatic heterocycles. The number of hydrogen-bond donors (Lipinski definition) is 2. The van der Waals surface area contributed by atoms with Gasteiger partial charge in [-0.2, -0.15) is 0 Å². The molecule has 3 heteroatoms. The molecule has 0 radical (unpaired) electrons. The Kier molecular flexibility index (Phi) is 3.72. The highest BCUT2D eigenvalue weighted by atomic mass is 16.4. The van der Waals surface area contributed by atoms with Crippen LogP contribution < -0.4 is 0 Å². The van der Waals surface area contributed by atoms with Crippen LogP contribution in [0.4, 0.5) is 0 Å². The zero-order valence-electron chi connectivity index (χ0n) is 6.16. The quantitative estimate of drug-likeness (QED) is 0.576. The van der Waals surface area contributed by atoms with E-state index >= 15 is 0 Å². The van der Waals surface area contributed by atoms with E-state index in [9.17, 15) is 4.79 Å². The average molecular weight is 144 g/mol. The maximum absolute atomic E-state index is 10.2. The number of hydrogen-bond acceptors (Lipinski definition) is 2. The van der Waals surface area contributed by atoms with E-state index in [1.807, 2.05) is 0 Å². The minimum absolute atomic E-state index is 0.189. The third-order valence-corrected chi connectivity index (χ3v) is 1.20. The van der Waals surface area contributed by atoms with Crippen LogP contribution >= 0.6 is 0 Å². The van der Waals surface area contributed by atoms with Crippen molar-refractivity contribution >= 4 is 5.97 Å². The molecule has 0 saturated carbocycles. The van der Waals surface area contributed by atoms with Gasteiger partial charge in [-0.05, 0) is 19.4 Å². The molecular weight excluding hydrogens is 132 g/mol. The standard InChI is InChI=1S/C7H12O3/c1-3-6(8)4-5(2)7(9)10/h4,6,8H,3H2,1-2H3,(H,9,10)/b5-4-. The van der Waals surface area contributed by atoms with Crippen molar-refractivity contribution in [3.63, 3.8) is 0 Å². The SMILES string of the molecule is CCC(O)/C=C(/C)C(=O)O. The zero-order valence-corrected chi connectivity index (χ0v) is 6.16. The van der Waals surface area contributed by atoms with E-state index in [2.05, 4.69) is 0 Å². The summed E-state index contributed by atoms with van der Waals surface area (Å²) in [5.74, 6) is -0.979. The number of aliphatic hydroxyl groups is 1. The van der Waals surface area contributed by atoms with Crippen LogP contribution in [0.1, 0.15) is 20.3 Å². The van der Waals surface area contributed by atoms with Crippen LogP contribution in [0, 0.1) is 0 Å². The molecule has 0 aromatic carbocycles. The highest BCUT2D eigenvalue weighted by Crippen LogP contribution is 1.98. The summed E-state index contributed by atoms with van der Waals surface area (Å²) < 4.78 is 0. The maximum Gasteiger partial charge on any atom is 0.331 e. The molecule has 0 fully saturated rings. The molecule has 0 heterocycles. The molecule has 0 bridgehead atoms. The molecule has 0 aromatic heterocycles. The minimum atomic E-state index is -0.979. The molecule has 3 nitrogen and oxygen atoms in total. The summed E-state index contributed by atoms with van der Waals surface area (Å²) in [4.78, 5) is 10.2. The second-order valence-corrected chi connectivity index (χ2v) is 2.13. The number of carboxylic acids is 1. The minimum Gasteiger partial charge on any atom is -0.478 e. The van der Waals surface area contributed by atoms with Crippen LogP contribution in [-0.4, -0.2) is 22.3 Å². The van der Waals surface area contributed by atoms with Crippen LogP contribution in [0.3, 0.4) is 0 Å². The highest BCUT2D eigenvalue weighted by molar-refractivity contribution is 5.85. The van der Waals surface area contributed by atoms with E-state index in [1.165, 1.54) is 13.0 Å². The van der Waals surface area contributed by atoms with Gasteiger partial charge in [-0.25, -0.2) is 4.79 Å². The predicted molar refractivity (Wildman–Crippen MR) is 37.7 cm³/mol. The second-order valence-electron chi connectivity index (χ2n) is 2.13. The van der Waals surface area contributed by atoms with Gasteiger partial charge in [0.2, 0.25) is 0 Å². The van der Waals surface area contributed by atoms with Crippen molar-refractivity contribution in [3.05, 3.63) is 11.6 Å². The fourth-order valence-corrected chi connectivity index (χ4v) is 0.478. The summed E-state index contributed by atoms with van der Waals surface area (Å²) in [6, 6.07) is 0. The molecule has 0 rings (SSSR count). The molecular formula is C7H12O3. The van der Waals surface area contributed by atoms with Crippen molar-refractivity contribution in [3.8, 4) is 0 Å². The highest BCUT2D eigenvalue weighted by Gasteiger charge is 2.02. The number of carbonyl (C=O) groups is 1. The van der Waals surface area contributed by atoms with Crippen molar-refractivity contribution < 1.29 is 15.0 Å². The van der Waals surface area contributed by atoms with Crippen molar-refractivity contribution in [2.75, 3.05) is 0 Å². The van der Waals surface area contributed by atoms with E-state index in [0.29, 0.717) is 6.42 Å². The fraction of sp³-hybridized carbons (Fsp3) is 0.571. The lowest BCUT2D eigenvalue weighted by atomic mass is 10.2. The Morgan fingerprint density at radius 2 is 2.20 bits per heavy atom. The van der Waals surface area contributed by atoms with E-state index in [1.54, 1.807) is 6.92 Å². The predicted octanol–water partition coefficient (Wildman–Crippen LogP) is 0.788. The van der Waals surface area contributed by atoms with Gasteiger partial charge in [-0.15, -0.1) is 0 Å². The normalized spacial score (nSPS) is 14.9. The molecule has 0 aromatic rings. The van der Waals surface area contributed by atoms with Crippen molar-refractivity contribution in [1.82, 2.24) is 0 Å². The largest absolute Gasteiger partial charge is 0.478 e. The van der Waals surface area contributed by atoms with Crippen LogP contribution in [0.25, 0.3) is 0 Å². The summed E-state index contributed by atoms with van der Waals surface area (Å²) in [6.45, 7) is 3.25. The van der Waals surface area contributed by atoms with Crippen LogP contribution in [0.2, 0.25) is 0 Å². The molecule has 0 spiro atoms. The molecule has 0 saturated heterocycles. The Bertz CT molecular complexity index is 149. The molecule has 1 unspecified atom stereocenters.